The average Bonchev–Trinajstić information content (AvgIpc) is 2.80. The predicted octanol–water partition coefficient (Wildman–Crippen LogP) is 4.92. The van der Waals surface area contributed by atoms with Crippen molar-refractivity contribution in [1.82, 2.24) is 5.43 Å². The third-order valence-corrected chi connectivity index (χ3v) is 5.01. The molecular weight excluding hydrogens is 517 g/mol. The molecule has 170 valence electrons. The Kier molecular flexibility index (Phi) is 8.39. The number of hydrazone groups is 1. The lowest BCUT2D eigenvalue weighted by Gasteiger charge is -2.11. The molecule has 3 rings (SSSR count). The van der Waals surface area contributed by atoms with Crippen LogP contribution < -0.4 is 20.2 Å². The highest BCUT2D eigenvalue weighted by atomic mass is 79.9. The van der Waals surface area contributed by atoms with E-state index in [-0.39, 0.29) is 5.69 Å². The Bertz CT molecular complexity index is 1190. The smallest absolute Gasteiger partial charge is 0.329 e. The Morgan fingerprint density at radius 2 is 1.82 bits per heavy atom. The summed E-state index contributed by atoms with van der Waals surface area (Å²) < 4.78 is 25.4. The zero-order valence-electron chi connectivity index (χ0n) is 17.3. The molecule has 3 aromatic rings. The Balaban J connectivity index is 1.57. The Morgan fingerprint density at radius 1 is 1.06 bits per heavy atom. The number of amides is 2. The van der Waals surface area contributed by atoms with Gasteiger partial charge in [-0.15, -0.1) is 0 Å². The summed E-state index contributed by atoms with van der Waals surface area (Å²) in [6.07, 6.45) is 1.33. The Morgan fingerprint density at radius 3 is 2.52 bits per heavy atom. The van der Waals surface area contributed by atoms with E-state index in [1.165, 1.54) is 31.5 Å². The van der Waals surface area contributed by atoms with Gasteiger partial charge in [0.1, 0.15) is 12.4 Å². The summed E-state index contributed by atoms with van der Waals surface area (Å²) in [5.41, 5.74) is 3.49. The third kappa shape index (κ3) is 7.03. The van der Waals surface area contributed by atoms with Crippen molar-refractivity contribution in [3.8, 4) is 11.5 Å². The van der Waals surface area contributed by atoms with Crippen molar-refractivity contribution in [2.24, 2.45) is 5.10 Å². The molecule has 0 aliphatic heterocycles. The number of methoxy groups -OCH3 is 1. The number of anilines is 1. The van der Waals surface area contributed by atoms with Crippen LogP contribution >= 0.6 is 27.5 Å². The second-order valence-electron chi connectivity index (χ2n) is 6.60. The van der Waals surface area contributed by atoms with Gasteiger partial charge in [0, 0.05) is 9.50 Å². The fourth-order valence-corrected chi connectivity index (χ4v) is 3.07. The van der Waals surface area contributed by atoms with Gasteiger partial charge < -0.3 is 14.8 Å². The Hall–Kier alpha value is -3.43. The highest BCUT2D eigenvalue weighted by Crippen LogP contribution is 2.28. The van der Waals surface area contributed by atoms with Gasteiger partial charge >= 0.3 is 11.8 Å². The molecule has 0 saturated heterocycles. The molecule has 7 nitrogen and oxygen atoms in total. The van der Waals surface area contributed by atoms with Crippen molar-refractivity contribution < 1.29 is 23.5 Å². The van der Waals surface area contributed by atoms with Crippen LogP contribution in [0.5, 0.6) is 11.5 Å². The Labute approximate surface area is 202 Å². The van der Waals surface area contributed by atoms with E-state index in [1.54, 1.807) is 30.3 Å². The second-order valence-corrected chi connectivity index (χ2v) is 7.95. The first kappa shape index (κ1) is 24.2. The topological polar surface area (TPSA) is 89.0 Å². The summed E-state index contributed by atoms with van der Waals surface area (Å²) in [5.74, 6) is -1.81. The normalized spacial score (nSPS) is 10.7. The molecule has 0 bridgehead atoms. The molecule has 0 saturated carbocycles. The molecule has 0 radical (unpaired) electrons. The van der Waals surface area contributed by atoms with Crippen molar-refractivity contribution >= 4 is 51.2 Å². The van der Waals surface area contributed by atoms with Gasteiger partial charge in [0.15, 0.2) is 11.5 Å². The van der Waals surface area contributed by atoms with Crippen molar-refractivity contribution in [3.63, 3.8) is 0 Å². The van der Waals surface area contributed by atoms with Crippen LogP contribution in [0.1, 0.15) is 11.1 Å². The van der Waals surface area contributed by atoms with Gasteiger partial charge in [-0.1, -0.05) is 39.7 Å². The maximum absolute atomic E-state index is 13.8. The first-order valence-electron chi connectivity index (χ1n) is 9.50. The molecule has 0 unspecified atom stereocenters. The van der Waals surface area contributed by atoms with E-state index in [2.05, 4.69) is 31.8 Å². The van der Waals surface area contributed by atoms with E-state index in [9.17, 15) is 14.0 Å². The van der Waals surface area contributed by atoms with Gasteiger partial charge in [0.05, 0.1) is 19.0 Å². The summed E-state index contributed by atoms with van der Waals surface area (Å²) in [6, 6.07) is 16.4. The van der Waals surface area contributed by atoms with Gasteiger partial charge in [-0.05, 0) is 59.7 Å². The van der Waals surface area contributed by atoms with Crippen molar-refractivity contribution in [1.29, 1.82) is 0 Å². The SMILES string of the molecule is COc1cc(/C=N/NC(=O)C(=O)Nc2ccc(Br)cc2F)ccc1OCc1ccc(Cl)cc1. The lowest BCUT2D eigenvalue weighted by atomic mass is 10.2. The summed E-state index contributed by atoms with van der Waals surface area (Å²) in [5, 5.41) is 6.57. The van der Waals surface area contributed by atoms with Crippen LogP contribution in [0.3, 0.4) is 0 Å². The van der Waals surface area contributed by atoms with Gasteiger partial charge in [-0.3, -0.25) is 9.59 Å². The maximum Gasteiger partial charge on any atom is 0.329 e. The minimum atomic E-state index is -1.06. The quantitative estimate of drug-likeness (QED) is 0.256. The van der Waals surface area contributed by atoms with E-state index in [4.69, 9.17) is 21.1 Å². The number of nitrogens with one attached hydrogen (secondary N) is 2. The summed E-state index contributed by atoms with van der Waals surface area (Å²) in [7, 11) is 1.50. The molecule has 2 amide bonds. The molecule has 3 aromatic carbocycles. The van der Waals surface area contributed by atoms with E-state index in [1.807, 2.05) is 12.1 Å². The fraction of sp³-hybridized carbons (Fsp3) is 0.0870. The monoisotopic (exact) mass is 533 g/mol. The van der Waals surface area contributed by atoms with Crippen molar-refractivity contribution in [2.75, 3.05) is 12.4 Å². The van der Waals surface area contributed by atoms with E-state index < -0.39 is 17.6 Å². The van der Waals surface area contributed by atoms with Crippen LogP contribution in [0.2, 0.25) is 5.02 Å². The number of hydrogen-bond acceptors (Lipinski definition) is 5. The van der Waals surface area contributed by atoms with Crippen LogP contribution in [0.4, 0.5) is 10.1 Å². The largest absolute Gasteiger partial charge is 0.493 e. The van der Waals surface area contributed by atoms with Crippen LogP contribution in [0.15, 0.2) is 70.2 Å². The van der Waals surface area contributed by atoms with Gasteiger partial charge in [-0.25, -0.2) is 9.82 Å². The summed E-state index contributed by atoms with van der Waals surface area (Å²) >= 11 is 8.99. The molecular formula is C23H18BrClFN3O4. The predicted molar refractivity (Wildman–Crippen MR) is 127 cm³/mol. The van der Waals surface area contributed by atoms with E-state index in [0.717, 1.165) is 5.56 Å². The standard InChI is InChI=1S/C23H18BrClFN3O4/c1-32-21-10-15(4-9-20(21)33-13-14-2-6-17(25)7-3-14)12-27-29-23(31)22(30)28-19-8-5-16(24)11-18(19)26/h2-12H,13H2,1H3,(H,28,30)(H,29,31)/b27-12+. The van der Waals surface area contributed by atoms with Crippen molar-refractivity contribution in [3.05, 3.63) is 87.1 Å². The number of ether oxygens (including phenoxy) is 2. The lowest BCUT2D eigenvalue weighted by Crippen LogP contribution is -2.32. The summed E-state index contributed by atoms with van der Waals surface area (Å²) in [4.78, 5) is 23.8. The molecule has 10 heteroatoms. The second kappa shape index (κ2) is 11.4. The number of carbonyl (C=O) groups is 2. The van der Waals surface area contributed by atoms with Crippen LogP contribution in [0.25, 0.3) is 0 Å². The number of benzene rings is 3. The first-order valence-corrected chi connectivity index (χ1v) is 10.7. The number of rotatable bonds is 7. The molecule has 0 aliphatic carbocycles. The molecule has 33 heavy (non-hydrogen) atoms. The zero-order chi connectivity index (χ0) is 23.8. The van der Waals surface area contributed by atoms with Gasteiger partial charge in [0.2, 0.25) is 0 Å². The molecule has 0 aliphatic rings. The van der Waals surface area contributed by atoms with Crippen molar-refractivity contribution in [2.45, 2.75) is 6.61 Å². The lowest BCUT2D eigenvalue weighted by molar-refractivity contribution is -0.136. The summed E-state index contributed by atoms with van der Waals surface area (Å²) in [6.45, 7) is 0.324. The fourth-order valence-electron chi connectivity index (χ4n) is 2.61. The molecule has 2 N–H and O–H groups in total. The number of nitrogens with zero attached hydrogens (tertiary/aromatic N) is 1. The third-order valence-electron chi connectivity index (χ3n) is 4.26. The van der Waals surface area contributed by atoms with Gasteiger partial charge in [0.25, 0.3) is 0 Å². The van der Waals surface area contributed by atoms with E-state index in [0.29, 0.717) is 33.2 Å². The number of carbonyl (C=O) groups excluding carboxylic acids is 2. The van der Waals surface area contributed by atoms with Crippen LogP contribution in [-0.2, 0) is 16.2 Å². The van der Waals surface area contributed by atoms with Gasteiger partial charge in [-0.2, -0.15) is 5.10 Å². The first-order chi connectivity index (χ1) is 15.9. The maximum atomic E-state index is 13.8. The zero-order valence-corrected chi connectivity index (χ0v) is 19.6. The molecule has 0 fully saturated rings. The minimum Gasteiger partial charge on any atom is -0.493 e. The molecule has 0 aromatic heterocycles. The molecule has 0 atom stereocenters. The van der Waals surface area contributed by atoms with Crippen LogP contribution in [-0.4, -0.2) is 25.1 Å². The molecule has 0 heterocycles. The average molecular weight is 535 g/mol. The molecule has 0 spiro atoms. The highest BCUT2D eigenvalue weighted by molar-refractivity contribution is 9.10. The minimum absolute atomic E-state index is 0.124. The number of halogens is 3. The number of hydrogen-bond donors (Lipinski definition) is 2. The van der Waals surface area contributed by atoms with E-state index >= 15 is 0 Å². The van der Waals surface area contributed by atoms with Crippen LogP contribution in [0, 0.1) is 5.82 Å². The highest BCUT2D eigenvalue weighted by Gasteiger charge is 2.15.